The minimum absolute atomic E-state index is 0.310. The minimum atomic E-state index is 0.310. The standard InChI is InChI=1S/C16H21NO2/c1-12(17-10-13-6-4-5-9-18-13)15-11-19-16-8-3-2-7-14(15)16/h2-3,5,7-9,12-13,15,17H,4,6,10-11H2,1H3. The zero-order chi connectivity index (χ0) is 13.1. The lowest BCUT2D eigenvalue weighted by Gasteiger charge is -2.25. The first-order valence-corrected chi connectivity index (χ1v) is 7.10. The van der Waals surface area contributed by atoms with Crippen LogP contribution in [-0.2, 0) is 4.74 Å². The van der Waals surface area contributed by atoms with Gasteiger partial charge in [-0.25, -0.2) is 0 Å². The van der Waals surface area contributed by atoms with E-state index in [2.05, 4.69) is 36.5 Å². The Labute approximate surface area is 114 Å². The van der Waals surface area contributed by atoms with Crippen LogP contribution in [-0.4, -0.2) is 25.3 Å². The van der Waals surface area contributed by atoms with Gasteiger partial charge in [-0.1, -0.05) is 18.2 Å². The van der Waals surface area contributed by atoms with Gasteiger partial charge in [0, 0.05) is 24.1 Å². The van der Waals surface area contributed by atoms with Crippen molar-refractivity contribution in [1.82, 2.24) is 5.32 Å². The summed E-state index contributed by atoms with van der Waals surface area (Å²) in [4.78, 5) is 0. The molecule has 3 nitrogen and oxygen atoms in total. The van der Waals surface area contributed by atoms with Crippen molar-refractivity contribution in [1.29, 1.82) is 0 Å². The average Bonchev–Trinajstić information content (AvgIpc) is 2.90. The average molecular weight is 259 g/mol. The van der Waals surface area contributed by atoms with Crippen molar-refractivity contribution < 1.29 is 9.47 Å². The zero-order valence-electron chi connectivity index (χ0n) is 11.3. The largest absolute Gasteiger partial charge is 0.497 e. The normalized spacial score (nSPS) is 26.4. The van der Waals surface area contributed by atoms with Gasteiger partial charge in [-0.15, -0.1) is 0 Å². The summed E-state index contributed by atoms with van der Waals surface area (Å²) in [6.07, 6.45) is 6.45. The number of hydrogen-bond acceptors (Lipinski definition) is 3. The number of allylic oxidation sites excluding steroid dienone is 1. The molecule has 0 amide bonds. The summed E-state index contributed by atoms with van der Waals surface area (Å²) in [6, 6.07) is 8.74. The van der Waals surface area contributed by atoms with Crippen molar-refractivity contribution in [2.45, 2.75) is 37.8 Å². The van der Waals surface area contributed by atoms with E-state index in [1.54, 1.807) is 0 Å². The molecule has 3 rings (SSSR count). The summed E-state index contributed by atoms with van der Waals surface area (Å²) in [7, 11) is 0. The Morgan fingerprint density at radius 1 is 1.37 bits per heavy atom. The van der Waals surface area contributed by atoms with Gasteiger partial charge >= 0.3 is 0 Å². The molecule has 19 heavy (non-hydrogen) atoms. The maximum atomic E-state index is 5.74. The van der Waals surface area contributed by atoms with Crippen molar-refractivity contribution in [3.05, 3.63) is 42.2 Å². The Kier molecular flexibility index (Phi) is 3.74. The summed E-state index contributed by atoms with van der Waals surface area (Å²) in [5, 5.41) is 3.60. The zero-order valence-corrected chi connectivity index (χ0v) is 11.3. The Morgan fingerprint density at radius 2 is 2.26 bits per heavy atom. The molecule has 1 aromatic rings. The third-order valence-electron chi connectivity index (χ3n) is 4.03. The predicted molar refractivity (Wildman–Crippen MR) is 75.4 cm³/mol. The molecule has 0 aliphatic carbocycles. The van der Waals surface area contributed by atoms with Crippen molar-refractivity contribution in [3.63, 3.8) is 0 Å². The third-order valence-corrected chi connectivity index (χ3v) is 4.03. The second kappa shape index (κ2) is 5.66. The first kappa shape index (κ1) is 12.5. The molecule has 0 saturated heterocycles. The van der Waals surface area contributed by atoms with Crippen molar-refractivity contribution in [2.75, 3.05) is 13.2 Å². The second-order valence-corrected chi connectivity index (χ2v) is 5.36. The van der Waals surface area contributed by atoms with Gasteiger partial charge in [0.1, 0.15) is 11.9 Å². The van der Waals surface area contributed by atoms with E-state index < -0.39 is 0 Å². The highest BCUT2D eigenvalue weighted by Gasteiger charge is 2.28. The highest BCUT2D eigenvalue weighted by atomic mass is 16.5. The maximum absolute atomic E-state index is 5.74. The van der Waals surface area contributed by atoms with Gasteiger partial charge in [0.25, 0.3) is 0 Å². The van der Waals surface area contributed by atoms with Gasteiger partial charge in [0.15, 0.2) is 0 Å². The highest BCUT2D eigenvalue weighted by Crippen LogP contribution is 2.35. The number of hydrogen-bond donors (Lipinski definition) is 1. The van der Waals surface area contributed by atoms with Crippen molar-refractivity contribution in [2.24, 2.45) is 0 Å². The van der Waals surface area contributed by atoms with E-state index >= 15 is 0 Å². The molecule has 1 N–H and O–H groups in total. The summed E-state index contributed by atoms with van der Waals surface area (Å²) in [6.45, 7) is 3.91. The molecule has 102 valence electrons. The van der Waals surface area contributed by atoms with Crippen molar-refractivity contribution >= 4 is 0 Å². The van der Waals surface area contributed by atoms with Crippen LogP contribution in [0.1, 0.15) is 31.2 Å². The first-order valence-electron chi connectivity index (χ1n) is 7.10. The van der Waals surface area contributed by atoms with E-state index in [4.69, 9.17) is 9.47 Å². The molecule has 0 saturated carbocycles. The number of fused-ring (bicyclic) bond motifs is 1. The van der Waals surface area contributed by atoms with E-state index in [-0.39, 0.29) is 0 Å². The van der Waals surface area contributed by atoms with Gasteiger partial charge < -0.3 is 14.8 Å². The quantitative estimate of drug-likeness (QED) is 0.902. The third kappa shape index (κ3) is 2.76. The lowest BCUT2D eigenvalue weighted by atomic mass is 9.94. The first-order chi connectivity index (χ1) is 9.34. The van der Waals surface area contributed by atoms with Crippen LogP contribution in [0.4, 0.5) is 0 Å². The Morgan fingerprint density at radius 3 is 3.11 bits per heavy atom. The molecule has 0 spiro atoms. The van der Waals surface area contributed by atoms with Crippen LogP contribution in [0.2, 0.25) is 0 Å². The second-order valence-electron chi connectivity index (χ2n) is 5.36. The summed E-state index contributed by atoms with van der Waals surface area (Å²) < 4.78 is 11.3. The van der Waals surface area contributed by atoms with Gasteiger partial charge in [0.2, 0.25) is 0 Å². The molecule has 0 aromatic heterocycles. The van der Waals surface area contributed by atoms with Crippen LogP contribution < -0.4 is 10.1 Å². The fourth-order valence-electron chi connectivity index (χ4n) is 2.80. The van der Waals surface area contributed by atoms with E-state index in [0.29, 0.717) is 18.1 Å². The Hall–Kier alpha value is -1.48. The molecule has 0 radical (unpaired) electrons. The van der Waals surface area contributed by atoms with Gasteiger partial charge in [-0.3, -0.25) is 0 Å². The summed E-state index contributed by atoms with van der Waals surface area (Å²) in [5.41, 5.74) is 1.33. The van der Waals surface area contributed by atoms with Gasteiger partial charge in [0.05, 0.1) is 12.9 Å². The smallest absolute Gasteiger partial charge is 0.122 e. The van der Waals surface area contributed by atoms with Crippen LogP contribution in [0, 0.1) is 0 Å². The Balaban J connectivity index is 1.56. The fourth-order valence-corrected chi connectivity index (χ4v) is 2.80. The molecule has 0 fully saturated rings. The van der Waals surface area contributed by atoms with Gasteiger partial charge in [-0.05, 0) is 31.9 Å². The Bertz CT molecular complexity index is 458. The molecular weight excluding hydrogens is 238 g/mol. The molecule has 1 aromatic carbocycles. The van der Waals surface area contributed by atoms with Crippen LogP contribution in [0.3, 0.4) is 0 Å². The highest BCUT2D eigenvalue weighted by molar-refractivity contribution is 5.40. The van der Waals surface area contributed by atoms with E-state index in [1.165, 1.54) is 5.56 Å². The minimum Gasteiger partial charge on any atom is -0.497 e. The number of nitrogens with one attached hydrogen (secondary N) is 1. The van der Waals surface area contributed by atoms with E-state index in [0.717, 1.165) is 31.7 Å². The maximum Gasteiger partial charge on any atom is 0.122 e. The van der Waals surface area contributed by atoms with E-state index in [1.807, 2.05) is 12.3 Å². The molecule has 2 aliphatic heterocycles. The topological polar surface area (TPSA) is 30.5 Å². The van der Waals surface area contributed by atoms with Crippen LogP contribution in [0.5, 0.6) is 5.75 Å². The van der Waals surface area contributed by atoms with Crippen LogP contribution in [0.15, 0.2) is 36.6 Å². The molecule has 3 heteroatoms. The predicted octanol–water partition coefficient (Wildman–Crippen LogP) is 2.83. The van der Waals surface area contributed by atoms with E-state index in [9.17, 15) is 0 Å². The van der Waals surface area contributed by atoms with Crippen LogP contribution in [0.25, 0.3) is 0 Å². The number of ether oxygens (including phenoxy) is 2. The summed E-state index contributed by atoms with van der Waals surface area (Å²) in [5.74, 6) is 1.48. The molecule has 2 aliphatic rings. The summed E-state index contributed by atoms with van der Waals surface area (Å²) >= 11 is 0. The molecule has 0 bridgehead atoms. The molecule has 3 unspecified atom stereocenters. The lowest BCUT2D eigenvalue weighted by molar-refractivity contribution is 0.118. The van der Waals surface area contributed by atoms with Crippen LogP contribution >= 0.6 is 0 Å². The number of rotatable bonds is 4. The number of para-hydroxylation sites is 1. The molecular formula is C16H21NO2. The van der Waals surface area contributed by atoms with Crippen molar-refractivity contribution in [3.8, 4) is 5.75 Å². The molecule has 3 atom stereocenters. The van der Waals surface area contributed by atoms with Gasteiger partial charge in [-0.2, -0.15) is 0 Å². The fraction of sp³-hybridized carbons (Fsp3) is 0.500. The lowest BCUT2D eigenvalue weighted by Crippen LogP contribution is -2.39. The SMILES string of the molecule is CC(NCC1CCC=CO1)C1COc2ccccc21. The number of benzene rings is 1. The monoisotopic (exact) mass is 259 g/mol. The molecule has 2 heterocycles.